The predicted molar refractivity (Wildman–Crippen MR) is 95.3 cm³/mol. The fraction of sp³-hybridized carbons (Fsp3) is 0.333. The van der Waals surface area contributed by atoms with Crippen LogP contribution >= 0.6 is 11.3 Å². The minimum absolute atomic E-state index is 0.530. The maximum atomic E-state index is 5.17. The van der Waals surface area contributed by atoms with E-state index in [1.165, 1.54) is 23.3 Å². The monoisotopic (exact) mass is 338 g/mol. The summed E-state index contributed by atoms with van der Waals surface area (Å²) in [5, 5.41) is 9.85. The molecule has 0 unspecified atom stereocenters. The molecule has 0 bridgehead atoms. The molecule has 1 aromatic carbocycles. The van der Waals surface area contributed by atoms with Gasteiger partial charge in [-0.05, 0) is 48.9 Å². The first-order valence-corrected chi connectivity index (χ1v) is 8.92. The molecular formula is C18H18N4OS. The van der Waals surface area contributed by atoms with Crippen molar-refractivity contribution in [3.8, 4) is 5.75 Å². The fourth-order valence-corrected chi connectivity index (χ4v) is 4.29. The van der Waals surface area contributed by atoms with Crippen LogP contribution in [-0.2, 0) is 19.4 Å². The third-order valence-electron chi connectivity index (χ3n) is 4.31. The van der Waals surface area contributed by atoms with Gasteiger partial charge in [-0.3, -0.25) is 0 Å². The van der Waals surface area contributed by atoms with Crippen LogP contribution in [0.2, 0.25) is 0 Å². The Hall–Kier alpha value is -2.34. The van der Waals surface area contributed by atoms with Crippen LogP contribution in [0.25, 0.3) is 10.2 Å². The highest BCUT2D eigenvalue weighted by atomic mass is 32.1. The number of rotatable bonds is 4. The molecule has 0 N–H and O–H groups in total. The molecule has 0 fully saturated rings. The van der Waals surface area contributed by atoms with Crippen LogP contribution in [0.5, 0.6) is 5.75 Å². The Morgan fingerprint density at radius 1 is 1.12 bits per heavy atom. The Balaban J connectivity index is 1.60. The lowest BCUT2D eigenvalue weighted by atomic mass is 9.97. The largest absolute Gasteiger partial charge is 0.497 e. The Labute approximate surface area is 144 Å². The lowest BCUT2D eigenvalue weighted by Gasteiger charge is -2.10. The summed E-state index contributed by atoms with van der Waals surface area (Å²) >= 11 is 1.78. The van der Waals surface area contributed by atoms with Crippen LogP contribution in [0.4, 0.5) is 5.82 Å². The molecule has 2 aromatic heterocycles. The van der Waals surface area contributed by atoms with Crippen molar-refractivity contribution in [1.29, 1.82) is 0 Å². The summed E-state index contributed by atoms with van der Waals surface area (Å²) in [5.74, 6) is 1.55. The third-order valence-corrected chi connectivity index (χ3v) is 5.51. The number of hydrogen-bond acceptors (Lipinski definition) is 6. The number of methoxy groups -OCH3 is 1. The van der Waals surface area contributed by atoms with E-state index in [4.69, 9.17) is 4.74 Å². The van der Waals surface area contributed by atoms with Gasteiger partial charge in [-0.25, -0.2) is 9.97 Å². The van der Waals surface area contributed by atoms with Crippen molar-refractivity contribution in [2.45, 2.75) is 32.2 Å². The smallest absolute Gasteiger partial charge is 0.186 e. The lowest BCUT2D eigenvalue weighted by molar-refractivity contribution is 0.414. The van der Waals surface area contributed by atoms with Crippen molar-refractivity contribution in [3.63, 3.8) is 0 Å². The third kappa shape index (κ3) is 2.89. The molecule has 0 radical (unpaired) electrons. The van der Waals surface area contributed by atoms with Gasteiger partial charge in [0.05, 0.1) is 19.0 Å². The highest BCUT2D eigenvalue weighted by Gasteiger charge is 2.19. The van der Waals surface area contributed by atoms with E-state index >= 15 is 0 Å². The molecule has 1 aliphatic carbocycles. The van der Waals surface area contributed by atoms with Gasteiger partial charge in [0, 0.05) is 4.88 Å². The standard InChI is InChI=1S/C18H18N4OS/c1-23-13-8-6-12(7-9-13)10-21-22-17-16-14-4-2-3-5-15(14)24-18(16)20-11-19-17/h6-9,11H,2-5,10H2,1H3. The highest BCUT2D eigenvalue weighted by molar-refractivity contribution is 7.18. The van der Waals surface area contributed by atoms with Crippen LogP contribution in [0.15, 0.2) is 40.8 Å². The van der Waals surface area contributed by atoms with Gasteiger partial charge in [0.2, 0.25) is 0 Å². The van der Waals surface area contributed by atoms with E-state index in [0.29, 0.717) is 12.4 Å². The van der Waals surface area contributed by atoms with Gasteiger partial charge in [-0.15, -0.1) is 16.5 Å². The summed E-state index contributed by atoms with van der Waals surface area (Å²) in [4.78, 5) is 11.3. The SMILES string of the molecule is COc1ccc(CN=Nc2ncnc3sc4c(c23)CCCC4)cc1. The number of fused-ring (bicyclic) bond motifs is 3. The van der Waals surface area contributed by atoms with Gasteiger partial charge < -0.3 is 4.74 Å². The first kappa shape index (κ1) is 15.2. The molecule has 122 valence electrons. The molecule has 0 saturated heterocycles. The first-order valence-electron chi connectivity index (χ1n) is 8.11. The van der Waals surface area contributed by atoms with Gasteiger partial charge in [0.15, 0.2) is 5.82 Å². The number of aryl methyl sites for hydroxylation is 2. The van der Waals surface area contributed by atoms with Crippen LogP contribution in [0.3, 0.4) is 0 Å². The molecule has 1 aliphatic rings. The Morgan fingerprint density at radius 3 is 2.79 bits per heavy atom. The van der Waals surface area contributed by atoms with Gasteiger partial charge in [0.25, 0.3) is 0 Å². The molecule has 24 heavy (non-hydrogen) atoms. The summed E-state index contributed by atoms with van der Waals surface area (Å²) in [7, 11) is 1.66. The molecular weight excluding hydrogens is 320 g/mol. The summed E-state index contributed by atoms with van der Waals surface area (Å²) in [5.41, 5.74) is 2.48. The molecule has 5 nitrogen and oxygen atoms in total. The van der Waals surface area contributed by atoms with Gasteiger partial charge in [-0.1, -0.05) is 12.1 Å². The van der Waals surface area contributed by atoms with Crippen molar-refractivity contribution in [2.75, 3.05) is 7.11 Å². The average Bonchev–Trinajstić information content (AvgIpc) is 3.02. The molecule has 3 aromatic rings. The van der Waals surface area contributed by atoms with E-state index in [1.807, 2.05) is 24.3 Å². The van der Waals surface area contributed by atoms with Gasteiger partial charge in [0.1, 0.15) is 16.9 Å². The molecule has 4 rings (SSSR count). The minimum atomic E-state index is 0.530. The Kier molecular flexibility index (Phi) is 4.21. The number of thiophene rings is 1. The normalized spacial score (nSPS) is 14.2. The first-order chi connectivity index (χ1) is 11.8. The maximum Gasteiger partial charge on any atom is 0.186 e. The zero-order chi connectivity index (χ0) is 16.4. The number of aromatic nitrogens is 2. The second-order valence-corrected chi connectivity index (χ2v) is 6.92. The zero-order valence-corrected chi connectivity index (χ0v) is 14.3. The van der Waals surface area contributed by atoms with E-state index in [0.717, 1.165) is 34.4 Å². The summed E-state index contributed by atoms with van der Waals surface area (Å²) in [6, 6.07) is 7.87. The van der Waals surface area contributed by atoms with Gasteiger partial charge >= 0.3 is 0 Å². The number of hydrogen-bond donors (Lipinski definition) is 0. The van der Waals surface area contributed by atoms with Crippen molar-refractivity contribution < 1.29 is 4.74 Å². The van der Waals surface area contributed by atoms with Crippen LogP contribution in [0.1, 0.15) is 28.8 Å². The van der Waals surface area contributed by atoms with Crippen LogP contribution < -0.4 is 4.74 Å². The van der Waals surface area contributed by atoms with Crippen molar-refractivity contribution in [1.82, 2.24) is 9.97 Å². The molecule has 6 heteroatoms. The number of benzene rings is 1. The molecule has 2 heterocycles. The zero-order valence-electron chi connectivity index (χ0n) is 13.5. The second-order valence-electron chi connectivity index (χ2n) is 5.84. The molecule has 0 spiro atoms. The predicted octanol–water partition coefficient (Wildman–Crippen LogP) is 4.86. The van der Waals surface area contributed by atoms with Crippen LogP contribution in [0, 0.1) is 0 Å². The van der Waals surface area contributed by atoms with E-state index in [1.54, 1.807) is 24.8 Å². The van der Waals surface area contributed by atoms with E-state index in [9.17, 15) is 0 Å². The highest BCUT2D eigenvalue weighted by Crippen LogP contribution is 2.39. The quantitative estimate of drug-likeness (QED) is 0.638. The molecule has 0 saturated carbocycles. The van der Waals surface area contributed by atoms with Gasteiger partial charge in [-0.2, -0.15) is 5.11 Å². The lowest BCUT2D eigenvalue weighted by Crippen LogP contribution is -1.98. The fourth-order valence-electron chi connectivity index (χ4n) is 3.06. The molecule has 0 aliphatic heterocycles. The Bertz CT molecular complexity index is 886. The summed E-state index contributed by atoms with van der Waals surface area (Å²) in [6.45, 7) is 0.530. The van der Waals surface area contributed by atoms with Crippen molar-refractivity contribution in [3.05, 3.63) is 46.6 Å². The average molecular weight is 338 g/mol. The number of nitrogens with zero attached hydrogens (tertiary/aromatic N) is 4. The van der Waals surface area contributed by atoms with E-state index in [2.05, 4.69) is 20.2 Å². The van der Waals surface area contributed by atoms with E-state index in [-0.39, 0.29) is 0 Å². The topological polar surface area (TPSA) is 59.7 Å². The number of azo groups is 1. The maximum absolute atomic E-state index is 5.17. The van der Waals surface area contributed by atoms with Crippen molar-refractivity contribution in [2.24, 2.45) is 10.2 Å². The molecule has 0 amide bonds. The molecule has 0 atom stereocenters. The van der Waals surface area contributed by atoms with E-state index < -0.39 is 0 Å². The minimum Gasteiger partial charge on any atom is -0.497 e. The summed E-state index contributed by atoms with van der Waals surface area (Å²) < 4.78 is 5.17. The number of ether oxygens (including phenoxy) is 1. The summed E-state index contributed by atoms with van der Waals surface area (Å²) in [6.07, 6.45) is 6.34. The van der Waals surface area contributed by atoms with Crippen LogP contribution in [-0.4, -0.2) is 17.1 Å². The second kappa shape index (κ2) is 6.65. The Morgan fingerprint density at radius 2 is 1.96 bits per heavy atom. The van der Waals surface area contributed by atoms with Crippen molar-refractivity contribution >= 4 is 27.4 Å².